The van der Waals surface area contributed by atoms with Crippen LogP contribution in [0.15, 0.2) is 4.99 Å². The van der Waals surface area contributed by atoms with Crippen molar-refractivity contribution in [1.82, 2.24) is 10.2 Å². The van der Waals surface area contributed by atoms with E-state index in [0.29, 0.717) is 0 Å². The van der Waals surface area contributed by atoms with Crippen LogP contribution in [-0.2, 0) is 0 Å². The molecule has 1 atom stereocenters. The van der Waals surface area contributed by atoms with Gasteiger partial charge in [0.15, 0.2) is 5.17 Å². The fraction of sp³-hybridized carbons (Fsp3) is 0.917. The van der Waals surface area contributed by atoms with Crippen LogP contribution >= 0.6 is 11.8 Å². The quantitative estimate of drug-likeness (QED) is 0.815. The van der Waals surface area contributed by atoms with Crippen molar-refractivity contribution in [3.8, 4) is 0 Å². The van der Waals surface area contributed by atoms with Gasteiger partial charge in [-0.2, -0.15) is 0 Å². The zero-order valence-corrected chi connectivity index (χ0v) is 11.1. The second kappa shape index (κ2) is 6.50. The lowest BCUT2D eigenvalue weighted by molar-refractivity contribution is 0.232. The molecule has 1 unspecified atom stereocenters. The zero-order chi connectivity index (χ0) is 11.2. The molecule has 0 saturated carbocycles. The molecule has 92 valence electrons. The first-order valence-electron chi connectivity index (χ1n) is 6.56. The summed E-state index contributed by atoms with van der Waals surface area (Å²) in [6.45, 7) is 8.06. The van der Waals surface area contributed by atoms with E-state index in [9.17, 15) is 0 Å². The smallest absolute Gasteiger partial charge is 0.156 e. The van der Waals surface area contributed by atoms with Gasteiger partial charge >= 0.3 is 0 Å². The van der Waals surface area contributed by atoms with Gasteiger partial charge in [-0.15, -0.1) is 0 Å². The molecule has 0 aromatic carbocycles. The van der Waals surface area contributed by atoms with E-state index in [4.69, 9.17) is 0 Å². The first kappa shape index (κ1) is 12.2. The average molecular weight is 241 g/mol. The highest BCUT2D eigenvalue weighted by molar-refractivity contribution is 8.14. The number of rotatable bonds is 4. The number of hydrogen-bond donors (Lipinski definition) is 1. The van der Waals surface area contributed by atoms with Gasteiger partial charge in [0.05, 0.1) is 6.54 Å². The van der Waals surface area contributed by atoms with Crippen LogP contribution in [0.4, 0.5) is 0 Å². The molecule has 2 aliphatic rings. The summed E-state index contributed by atoms with van der Waals surface area (Å²) in [5.41, 5.74) is 0. The summed E-state index contributed by atoms with van der Waals surface area (Å²) in [7, 11) is 0. The van der Waals surface area contributed by atoms with E-state index in [1.54, 1.807) is 0 Å². The minimum atomic E-state index is 0.720. The molecule has 0 aromatic rings. The Hall–Kier alpha value is -0.220. The van der Waals surface area contributed by atoms with Gasteiger partial charge in [0.2, 0.25) is 0 Å². The van der Waals surface area contributed by atoms with Crippen LogP contribution in [0.25, 0.3) is 0 Å². The molecule has 2 heterocycles. The van der Waals surface area contributed by atoms with E-state index >= 15 is 0 Å². The number of nitrogens with one attached hydrogen (secondary N) is 1. The van der Waals surface area contributed by atoms with Gasteiger partial charge in [0, 0.05) is 18.3 Å². The molecule has 0 spiro atoms. The van der Waals surface area contributed by atoms with Crippen LogP contribution in [0.5, 0.6) is 0 Å². The van der Waals surface area contributed by atoms with E-state index < -0.39 is 0 Å². The minimum Gasteiger partial charge on any atom is -0.364 e. The summed E-state index contributed by atoms with van der Waals surface area (Å²) in [6, 6.07) is 0. The van der Waals surface area contributed by atoms with Crippen molar-refractivity contribution in [3.63, 3.8) is 0 Å². The maximum absolute atomic E-state index is 4.52. The number of hydrogen-bond acceptors (Lipinski definition) is 4. The Labute approximate surface area is 103 Å². The first-order valence-corrected chi connectivity index (χ1v) is 7.44. The Bertz CT molecular complexity index is 236. The molecule has 0 aliphatic carbocycles. The van der Waals surface area contributed by atoms with Crippen molar-refractivity contribution in [2.75, 3.05) is 32.7 Å². The molecular weight excluding hydrogens is 218 g/mol. The molecule has 0 aromatic heterocycles. The van der Waals surface area contributed by atoms with Gasteiger partial charge in [0.1, 0.15) is 0 Å². The largest absolute Gasteiger partial charge is 0.364 e. The summed E-state index contributed by atoms with van der Waals surface area (Å²) >= 11 is 1.92. The molecule has 2 aliphatic heterocycles. The molecule has 0 bridgehead atoms. The molecule has 1 fully saturated rings. The van der Waals surface area contributed by atoms with E-state index in [0.717, 1.165) is 18.3 Å². The Morgan fingerprint density at radius 3 is 2.88 bits per heavy atom. The highest BCUT2D eigenvalue weighted by Gasteiger charge is 2.17. The number of aliphatic imine (C=N–C) groups is 1. The topological polar surface area (TPSA) is 27.6 Å². The monoisotopic (exact) mass is 241 g/mol. The zero-order valence-electron chi connectivity index (χ0n) is 10.2. The molecule has 0 radical (unpaired) electrons. The van der Waals surface area contributed by atoms with E-state index in [1.165, 1.54) is 50.5 Å². The number of piperidine rings is 1. The van der Waals surface area contributed by atoms with Crippen LogP contribution in [0.3, 0.4) is 0 Å². The molecule has 0 amide bonds. The van der Waals surface area contributed by atoms with E-state index in [-0.39, 0.29) is 0 Å². The van der Waals surface area contributed by atoms with Crippen molar-refractivity contribution >= 4 is 16.9 Å². The third kappa shape index (κ3) is 3.67. The second-order valence-corrected chi connectivity index (χ2v) is 5.91. The Balaban J connectivity index is 1.57. The Morgan fingerprint density at radius 1 is 1.38 bits per heavy atom. The van der Waals surface area contributed by atoms with Gasteiger partial charge in [-0.25, -0.2) is 0 Å². The fourth-order valence-corrected chi connectivity index (χ4v) is 3.20. The lowest BCUT2D eigenvalue weighted by atomic mass is 10.1. The van der Waals surface area contributed by atoms with E-state index in [2.05, 4.69) is 22.1 Å². The van der Waals surface area contributed by atoms with Crippen LogP contribution < -0.4 is 5.32 Å². The standard InChI is InChI=1S/C12H23N3S/c1-2-11-10-14-12(16-11)13-6-9-15-7-4-3-5-8-15/h11H,2-10H2,1H3,(H,13,14). The second-order valence-electron chi connectivity index (χ2n) is 4.62. The highest BCUT2D eigenvalue weighted by atomic mass is 32.2. The van der Waals surface area contributed by atoms with Crippen molar-refractivity contribution < 1.29 is 0 Å². The predicted octanol–water partition coefficient (Wildman–Crippen LogP) is 1.94. The molecule has 1 N–H and O–H groups in total. The van der Waals surface area contributed by atoms with Gasteiger partial charge < -0.3 is 10.2 Å². The number of amidine groups is 1. The molecule has 16 heavy (non-hydrogen) atoms. The third-order valence-electron chi connectivity index (χ3n) is 3.33. The van der Waals surface area contributed by atoms with Crippen LogP contribution in [0, 0.1) is 0 Å². The SMILES string of the molecule is CCC1CN=C(NCCN2CCCCC2)S1. The summed E-state index contributed by atoms with van der Waals surface area (Å²) in [4.78, 5) is 7.08. The molecular formula is C12H23N3S. The van der Waals surface area contributed by atoms with Crippen molar-refractivity contribution in [2.45, 2.75) is 37.9 Å². The summed E-state index contributed by atoms with van der Waals surface area (Å²) in [5.74, 6) is 0. The van der Waals surface area contributed by atoms with Gasteiger partial charge in [-0.3, -0.25) is 4.99 Å². The Kier molecular flexibility index (Phi) is 4.97. The molecule has 2 rings (SSSR count). The summed E-state index contributed by atoms with van der Waals surface area (Å²) < 4.78 is 0. The molecule has 1 saturated heterocycles. The van der Waals surface area contributed by atoms with Crippen LogP contribution in [-0.4, -0.2) is 48.0 Å². The van der Waals surface area contributed by atoms with Crippen molar-refractivity contribution in [1.29, 1.82) is 0 Å². The summed E-state index contributed by atoms with van der Waals surface area (Å²) in [6.07, 6.45) is 5.41. The maximum Gasteiger partial charge on any atom is 0.156 e. The van der Waals surface area contributed by atoms with E-state index in [1.807, 2.05) is 11.8 Å². The third-order valence-corrected chi connectivity index (χ3v) is 4.64. The number of thioether (sulfide) groups is 1. The van der Waals surface area contributed by atoms with Crippen LogP contribution in [0.2, 0.25) is 0 Å². The van der Waals surface area contributed by atoms with Gasteiger partial charge in [0.25, 0.3) is 0 Å². The Morgan fingerprint density at radius 2 is 2.19 bits per heavy atom. The number of likely N-dealkylation sites (tertiary alicyclic amines) is 1. The van der Waals surface area contributed by atoms with Crippen LogP contribution in [0.1, 0.15) is 32.6 Å². The molecule has 3 nitrogen and oxygen atoms in total. The van der Waals surface area contributed by atoms with Gasteiger partial charge in [-0.1, -0.05) is 25.1 Å². The first-order chi connectivity index (χ1) is 7.88. The predicted molar refractivity (Wildman–Crippen MR) is 72.3 cm³/mol. The maximum atomic E-state index is 4.52. The normalized spacial score (nSPS) is 26.8. The minimum absolute atomic E-state index is 0.720. The fourth-order valence-electron chi connectivity index (χ4n) is 2.23. The lowest BCUT2D eigenvalue weighted by Crippen LogP contribution is -2.36. The van der Waals surface area contributed by atoms with Gasteiger partial charge in [-0.05, 0) is 32.4 Å². The molecule has 4 heteroatoms. The highest BCUT2D eigenvalue weighted by Crippen LogP contribution is 2.21. The van der Waals surface area contributed by atoms with Crippen molar-refractivity contribution in [2.24, 2.45) is 4.99 Å². The van der Waals surface area contributed by atoms with Crippen molar-refractivity contribution in [3.05, 3.63) is 0 Å². The number of nitrogens with zero attached hydrogens (tertiary/aromatic N) is 2. The lowest BCUT2D eigenvalue weighted by Gasteiger charge is -2.26. The average Bonchev–Trinajstić information content (AvgIpc) is 2.78. The summed E-state index contributed by atoms with van der Waals surface area (Å²) in [5, 5.41) is 5.35.